The number of likely N-dealkylation sites (tertiary alicyclic amines) is 1. The highest BCUT2D eigenvalue weighted by Gasteiger charge is 2.32. The molecule has 6 rings (SSSR count). The normalized spacial score (nSPS) is 18.9. The number of benzene rings is 3. The van der Waals surface area contributed by atoms with Crippen molar-refractivity contribution in [2.24, 2.45) is 0 Å². The van der Waals surface area contributed by atoms with Crippen LogP contribution in [0.25, 0.3) is 11.1 Å². The lowest BCUT2D eigenvalue weighted by molar-refractivity contribution is 0.203. The Labute approximate surface area is 249 Å². The lowest BCUT2D eigenvalue weighted by Gasteiger charge is -2.32. The van der Waals surface area contributed by atoms with Crippen molar-refractivity contribution in [1.29, 1.82) is 0 Å². The number of rotatable bonds is 13. The van der Waals surface area contributed by atoms with Crippen LogP contribution in [0.5, 0.6) is 0 Å². The molecule has 5 nitrogen and oxygen atoms in total. The molecule has 3 fully saturated rings. The van der Waals surface area contributed by atoms with E-state index < -0.39 is 0 Å². The quantitative estimate of drug-likeness (QED) is 0.0950. The lowest BCUT2D eigenvalue weighted by Crippen LogP contribution is -2.34. The standard InChI is InChI=1S/C35H43N3O2S/c1-37(32-17-18-32)41-40-36-31-15-13-30(14-16-31)35(34(8-5-25-39)28-6-3-2-4-7-28)29-11-9-26(10-12-29)27-21-23-38(24-22-27)33-19-20-33/h2-4,6-7,9-16,27,32-33,36,39H,5,8,17-25H2,1H3/b35-34+. The van der Waals surface area contributed by atoms with Gasteiger partial charge in [0.1, 0.15) is 12.2 Å². The Hall–Kier alpha value is -2.61. The van der Waals surface area contributed by atoms with Crippen molar-refractivity contribution >= 4 is 29.1 Å². The first kappa shape index (κ1) is 28.5. The van der Waals surface area contributed by atoms with Gasteiger partial charge in [0.05, 0.1) is 5.69 Å². The number of aliphatic hydroxyl groups is 1. The SMILES string of the molecule is CN(SONc1ccc(/C(=C(\CCCO)c2ccccc2)c2ccc(C3CCN(C4CC4)CC3)cc2)cc1)C1CC1. The molecule has 2 aliphatic carbocycles. The van der Waals surface area contributed by atoms with Gasteiger partial charge in [0.25, 0.3) is 0 Å². The van der Waals surface area contributed by atoms with E-state index in [1.165, 1.54) is 97.2 Å². The first-order valence-electron chi connectivity index (χ1n) is 15.4. The average molecular weight is 570 g/mol. The van der Waals surface area contributed by atoms with Crippen molar-refractivity contribution in [3.05, 3.63) is 101 Å². The fourth-order valence-corrected chi connectivity index (χ4v) is 6.70. The van der Waals surface area contributed by atoms with Crippen LogP contribution < -0.4 is 5.48 Å². The van der Waals surface area contributed by atoms with E-state index in [0.717, 1.165) is 24.6 Å². The molecule has 3 aromatic rings. The van der Waals surface area contributed by atoms with Crippen LogP contribution in [0.1, 0.15) is 79.5 Å². The Morgan fingerprint density at radius 1 is 0.854 bits per heavy atom. The highest BCUT2D eigenvalue weighted by atomic mass is 32.2. The number of hydrogen-bond donors (Lipinski definition) is 2. The summed E-state index contributed by atoms with van der Waals surface area (Å²) < 4.78 is 7.84. The van der Waals surface area contributed by atoms with Gasteiger partial charge in [-0.25, -0.2) is 4.31 Å². The smallest absolute Gasteiger partial charge is 0.112 e. The number of anilines is 1. The van der Waals surface area contributed by atoms with Crippen molar-refractivity contribution in [2.45, 2.75) is 69.4 Å². The van der Waals surface area contributed by atoms with Crippen LogP contribution in [0.3, 0.4) is 0 Å². The first-order chi connectivity index (χ1) is 20.2. The predicted octanol–water partition coefficient (Wildman–Crippen LogP) is 7.76. The van der Waals surface area contributed by atoms with Crippen LogP contribution in [0.4, 0.5) is 5.69 Å². The summed E-state index contributed by atoms with van der Waals surface area (Å²) in [6, 6.07) is 30.0. The molecule has 216 valence electrons. The van der Waals surface area contributed by atoms with E-state index in [9.17, 15) is 5.11 Å². The Morgan fingerprint density at radius 3 is 2.12 bits per heavy atom. The highest BCUT2D eigenvalue weighted by Crippen LogP contribution is 2.38. The van der Waals surface area contributed by atoms with Crippen molar-refractivity contribution in [2.75, 3.05) is 32.2 Å². The van der Waals surface area contributed by atoms with Gasteiger partial charge >= 0.3 is 0 Å². The number of piperidine rings is 1. The number of nitrogens with one attached hydrogen (secondary N) is 1. The molecule has 0 spiro atoms. The zero-order valence-corrected chi connectivity index (χ0v) is 25.0. The Kier molecular flexibility index (Phi) is 9.44. The van der Waals surface area contributed by atoms with Crippen LogP contribution in [0, 0.1) is 0 Å². The number of nitrogens with zero attached hydrogens (tertiary/aromatic N) is 2. The second-order valence-corrected chi connectivity index (χ2v) is 12.7. The maximum absolute atomic E-state index is 9.76. The lowest BCUT2D eigenvalue weighted by atomic mass is 9.85. The van der Waals surface area contributed by atoms with Gasteiger partial charge in [-0.3, -0.25) is 5.48 Å². The molecule has 0 amide bonds. The first-order valence-corrected chi connectivity index (χ1v) is 16.1. The van der Waals surface area contributed by atoms with Gasteiger partial charge in [0.2, 0.25) is 0 Å². The molecular weight excluding hydrogens is 526 g/mol. The summed E-state index contributed by atoms with van der Waals surface area (Å²) in [5.74, 6) is 0.650. The summed E-state index contributed by atoms with van der Waals surface area (Å²) >= 11 is 1.36. The molecule has 41 heavy (non-hydrogen) atoms. The molecule has 0 radical (unpaired) electrons. The monoisotopic (exact) mass is 569 g/mol. The summed E-state index contributed by atoms with van der Waals surface area (Å²) in [7, 11) is 2.07. The molecule has 3 aromatic carbocycles. The third-order valence-electron chi connectivity index (χ3n) is 8.82. The summed E-state index contributed by atoms with van der Waals surface area (Å²) in [6.45, 7) is 2.65. The molecule has 0 unspecified atom stereocenters. The number of aliphatic hydroxyl groups excluding tert-OH is 1. The fraction of sp³-hybridized carbons (Fsp3) is 0.429. The zero-order valence-electron chi connectivity index (χ0n) is 24.2. The van der Waals surface area contributed by atoms with Crippen LogP contribution in [-0.4, -0.2) is 53.1 Å². The highest BCUT2D eigenvalue weighted by molar-refractivity contribution is 7.92. The van der Waals surface area contributed by atoms with E-state index in [0.29, 0.717) is 12.0 Å². The molecule has 0 bridgehead atoms. The molecular formula is C35H43N3O2S. The largest absolute Gasteiger partial charge is 0.396 e. The van der Waals surface area contributed by atoms with Crippen molar-refractivity contribution in [1.82, 2.24) is 9.21 Å². The van der Waals surface area contributed by atoms with E-state index in [1.54, 1.807) is 0 Å². The minimum Gasteiger partial charge on any atom is -0.396 e. The topological polar surface area (TPSA) is 48.0 Å². The van der Waals surface area contributed by atoms with Gasteiger partial charge in [0, 0.05) is 18.7 Å². The molecule has 6 heteroatoms. The molecule has 1 saturated heterocycles. The third-order valence-corrected chi connectivity index (χ3v) is 9.51. The Balaban J connectivity index is 1.26. The van der Waals surface area contributed by atoms with Crippen molar-refractivity contribution in [3.63, 3.8) is 0 Å². The minimum absolute atomic E-state index is 0.176. The molecule has 1 heterocycles. The summed E-state index contributed by atoms with van der Waals surface area (Å²) in [5.41, 5.74) is 11.6. The summed E-state index contributed by atoms with van der Waals surface area (Å²) in [5, 5.41) is 9.76. The zero-order chi connectivity index (χ0) is 28.0. The van der Waals surface area contributed by atoms with E-state index in [1.807, 2.05) is 0 Å². The summed E-state index contributed by atoms with van der Waals surface area (Å²) in [4.78, 5) is 2.70. The van der Waals surface area contributed by atoms with Gasteiger partial charge < -0.3 is 10.0 Å². The second-order valence-electron chi connectivity index (χ2n) is 11.8. The maximum Gasteiger partial charge on any atom is 0.112 e. The third kappa shape index (κ3) is 7.43. The van der Waals surface area contributed by atoms with Crippen LogP contribution in [0.2, 0.25) is 0 Å². The predicted molar refractivity (Wildman–Crippen MR) is 171 cm³/mol. The minimum atomic E-state index is 0.176. The van der Waals surface area contributed by atoms with E-state index in [2.05, 4.69) is 101 Å². The maximum atomic E-state index is 9.76. The molecule has 2 saturated carbocycles. The number of hydrogen-bond acceptors (Lipinski definition) is 6. The van der Waals surface area contributed by atoms with Crippen LogP contribution in [0.15, 0.2) is 78.9 Å². The Morgan fingerprint density at radius 2 is 1.51 bits per heavy atom. The van der Waals surface area contributed by atoms with Gasteiger partial charge in [-0.15, -0.1) is 0 Å². The molecule has 3 aliphatic rings. The van der Waals surface area contributed by atoms with Gasteiger partial charge in [-0.05, 0) is 123 Å². The van der Waals surface area contributed by atoms with E-state index in [4.69, 9.17) is 4.28 Å². The van der Waals surface area contributed by atoms with E-state index in [-0.39, 0.29) is 6.61 Å². The van der Waals surface area contributed by atoms with Gasteiger partial charge in [-0.1, -0.05) is 66.7 Å². The van der Waals surface area contributed by atoms with Crippen molar-refractivity contribution in [3.8, 4) is 0 Å². The van der Waals surface area contributed by atoms with Crippen LogP contribution in [-0.2, 0) is 4.28 Å². The fourth-order valence-electron chi connectivity index (χ4n) is 6.11. The van der Waals surface area contributed by atoms with Gasteiger partial charge in [0.15, 0.2) is 0 Å². The van der Waals surface area contributed by atoms with Crippen molar-refractivity contribution < 1.29 is 9.39 Å². The molecule has 2 N–H and O–H groups in total. The molecule has 0 atom stereocenters. The van der Waals surface area contributed by atoms with Gasteiger partial charge in [-0.2, -0.15) is 4.28 Å². The molecule has 0 aromatic heterocycles. The second kappa shape index (κ2) is 13.6. The Bertz CT molecular complexity index is 1280. The number of allylic oxidation sites excluding steroid dienone is 1. The van der Waals surface area contributed by atoms with Crippen LogP contribution >= 0.6 is 12.2 Å². The van der Waals surface area contributed by atoms with E-state index >= 15 is 0 Å². The molecule has 1 aliphatic heterocycles. The summed E-state index contributed by atoms with van der Waals surface area (Å²) in [6.07, 6.45) is 9.35. The average Bonchev–Trinajstić information content (AvgIpc) is 3.94.